The van der Waals surface area contributed by atoms with Crippen molar-refractivity contribution in [3.8, 4) is 0 Å². The lowest BCUT2D eigenvalue weighted by molar-refractivity contribution is 0.0768. The van der Waals surface area contributed by atoms with Crippen LogP contribution in [-0.4, -0.2) is 38.9 Å². The van der Waals surface area contributed by atoms with Gasteiger partial charge in [0.1, 0.15) is 0 Å². The fraction of sp³-hybridized carbons (Fsp3) is 0.571. The van der Waals surface area contributed by atoms with E-state index in [-0.39, 0.29) is 0 Å². The van der Waals surface area contributed by atoms with E-state index >= 15 is 0 Å². The van der Waals surface area contributed by atoms with Crippen LogP contribution in [-0.2, 0) is 11.2 Å². The van der Waals surface area contributed by atoms with Crippen molar-refractivity contribution in [3.63, 3.8) is 0 Å². The third kappa shape index (κ3) is 4.46. The van der Waals surface area contributed by atoms with E-state index in [0.29, 0.717) is 6.04 Å². The van der Waals surface area contributed by atoms with Crippen LogP contribution < -0.4 is 10.6 Å². The van der Waals surface area contributed by atoms with Crippen LogP contribution in [0.2, 0.25) is 0 Å². The highest BCUT2D eigenvalue weighted by Crippen LogP contribution is 2.03. The monoisotopic (exact) mass is 234 g/mol. The van der Waals surface area contributed by atoms with Gasteiger partial charge < -0.3 is 15.4 Å². The van der Waals surface area contributed by atoms with Crippen molar-refractivity contribution >= 4 is 0 Å². The first kappa shape index (κ1) is 12.6. The van der Waals surface area contributed by atoms with Gasteiger partial charge in [-0.2, -0.15) is 0 Å². The second kappa shape index (κ2) is 6.74. The number of hydrogen-bond acceptors (Lipinski definition) is 3. The number of nitrogens with one attached hydrogen (secondary N) is 2. The van der Waals surface area contributed by atoms with Crippen molar-refractivity contribution in [1.82, 2.24) is 10.6 Å². The SMILES string of the molecule is Cc1ccc(CCNCC2COCCN2)cc1. The van der Waals surface area contributed by atoms with Gasteiger partial charge in [-0.3, -0.25) is 0 Å². The third-order valence-electron chi connectivity index (χ3n) is 3.10. The summed E-state index contributed by atoms with van der Waals surface area (Å²) in [7, 11) is 0. The summed E-state index contributed by atoms with van der Waals surface area (Å²) in [6.07, 6.45) is 1.09. The Balaban J connectivity index is 1.60. The Hall–Kier alpha value is -0.900. The molecule has 94 valence electrons. The van der Waals surface area contributed by atoms with Gasteiger partial charge in [0.25, 0.3) is 0 Å². The molecule has 1 atom stereocenters. The second-order valence-electron chi connectivity index (χ2n) is 4.67. The number of aryl methyl sites for hydroxylation is 1. The van der Waals surface area contributed by atoms with Gasteiger partial charge in [-0.05, 0) is 25.5 Å². The molecule has 1 aliphatic rings. The summed E-state index contributed by atoms with van der Waals surface area (Å²) in [5.41, 5.74) is 2.72. The standard InChI is InChI=1S/C14H22N2O/c1-12-2-4-13(5-3-12)6-7-15-10-14-11-17-9-8-16-14/h2-5,14-16H,6-11H2,1H3. The van der Waals surface area contributed by atoms with Gasteiger partial charge in [-0.1, -0.05) is 29.8 Å². The molecule has 1 aromatic rings. The largest absolute Gasteiger partial charge is 0.378 e. The third-order valence-corrected chi connectivity index (χ3v) is 3.10. The van der Waals surface area contributed by atoms with Crippen LogP contribution in [0.15, 0.2) is 24.3 Å². The minimum Gasteiger partial charge on any atom is -0.378 e. The van der Waals surface area contributed by atoms with Crippen molar-refractivity contribution in [1.29, 1.82) is 0 Å². The van der Waals surface area contributed by atoms with Gasteiger partial charge in [0.15, 0.2) is 0 Å². The number of morpholine rings is 1. The molecule has 0 aromatic heterocycles. The van der Waals surface area contributed by atoms with Gasteiger partial charge in [0.2, 0.25) is 0 Å². The molecule has 0 amide bonds. The molecule has 0 radical (unpaired) electrons. The van der Waals surface area contributed by atoms with E-state index in [0.717, 1.165) is 39.3 Å². The molecule has 17 heavy (non-hydrogen) atoms. The highest BCUT2D eigenvalue weighted by atomic mass is 16.5. The Morgan fingerprint density at radius 2 is 2.18 bits per heavy atom. The molecule has 1 saturated heterocycles. The maximum atomic E-state index is 5.41. The molecular formula is C14H22N2O. The van der Waals surface area contributed by atoms with Crippen molar-refractivity contribution in [3.05, 3.63) is 35.4 Å². The highest BCUT2D eigenvalue weighted by Gasteiger charge is 2.11. The summed E-state index contributed by atoms with van der Waals surface area (Å²) >= 11 is 0. The molecule has 1 fully saturated rings. The molecule has 2 N–H and O–H groups in total. The van der Waals surface area contributed by atoms with Crippen LogP contribution in [0.5, 0.6) is 0 Å². The summed E-state index contributed by atoms with van der Waals surface area (Å²) in [6, 6.07) is 9.23. The highest BCUT2D eigenvalue weighted by molar-refractivity contribution is 5.21. The van der Waals surface area contributed by atoms with E-state index in [1.165, 1.54) is 11.1 Å². The van der Waals surface area contributed by atoms with Crippen molar-refractivity contribution < 1.29 is 4.74 Å². The molecule has 0 saturated carbocycles. The Morgan fingerprint density at radius 1 is 1.35 bits per heavy atom. The summed E-state index contributed by atoms with van der Waals surface area (Å²) < 4.78 is 5.41. The fourth-order valence-corrected chi connectivity index (χ4v) is 2.01. The van der Waals surface area contributed by atoms with Gasteiger partial charge in [-0.25, -0.2) is 0 Å². The van der Waals surface area contributed by atoms with E-state index < -0.39 is 0 Å². The average Bonchev–Trinajstić information content (AvgIpc) is 2.38. The first-order valence-electron chi connectivity index (χ1n) is 6.42. The van der Waals surface area contributed by atoms with Crippen molar-refractivity contribution in [2.45, 2.75) is 19.4 Å². The predicted octanol–water partition coefficient (Wildman–Crippen LogP) is 1.12. The van der Waals surface area contributed by atoms with Gasteiger partial charge >= 0.3 is 0 Å². The van der Waals surface area contributed by atoms with Gasteiger partial charge in [0, 0.05) is 19.1 Å². The molecule has 0 bridgehead atoms. The normalized spacial score (nSPS) is 20.4. The first-order valence-corrected chi connectivity index (χ1v) is 6.42. The van der Waals surface area contributed by atoms with Crippen LogP contribution in [0.1, 0.15) is 11.1 Å². The number of benzene rings is 1. The van der Waals surface area contributed by atoms with Gasteiger partial charge in [-0.15, -0.1) is 0 Å². The minimum atomic E-state index is 0.474. The summed E-state index contributed by atoms with van der Waals surface area (Å²) in [5.74, 6) is 0. The van der Waals surface area contributed by atoms with Crippen LogP contribution in [0, 0.1) is 6.92 Å². The molecule has 2 rings (SSSR count). The quantitative estimate of drug-likeness (QED) is 0.749. The molecule has 1 unspecified atom stereocenters. The number of ether oxygens (including phenoxy) is 1. The number of hydrogen-bond donors (Lipinski definition) is 2. The van der Waals surface area contributed by atoms with Gasteiger partial charge in [0.05, 0.1) is 13.2 Å². The second-order valence-corrected chi connectivity index (χ2v) is 4.67. The molecular weight excluding hydrogens is 212 g/mol. The average molecular weight is 234 g/mol. The van der Waals surface area contributed by atoms with E-state index in [9.17, 15) is 0 Å². The van der Waals surface area contributed by atoms with Crippen LogP contribution in [0.4, 0.5) is 0 Å². The zero-order valence-corrected chi connectivity index (χ0v) is 10.5. The van der Waals surface area contributed by atoms with E-state index in [4.69, 9.17) is 4.74 Å². The maximum Gasteiger partial charge on any atom is 0.0632 e. The molecule has 0 aliphatic carbocycles. The predicted molar refractivity (Wildman–Crippen MR) is 70.4 cm³/mol. The van der Waals surface area contributed by atoms with Crippen LogP contribution in [0.25, 0.3) is 0 Å². The smallest absolute Gasteiger partial charge is 0.0632 e. The Morgan fingerprint density at radius 3 is 2.88 bits per heavy atom. The maximum absolute atomic E-state index is 5.41. The summed E-state index contributed by atoms with van der Waals surface area (Å²) in [4.78, 5) is 0. The number of rotatable bonds is 5. The molecule has 1 aromatic carbocycles. The molecule has 0 spiro atoms. The lowest BCUT2D eigenvalue weighted by atomic mass is 10.1. The Labute approximate surface area is 104 Å². The zero-order chi connectivity index (χ0) is 11.9. The molecule has 1 aliphatic heterocycles. The van der Waals surface area contributed by atoms with E-state index in [1.54, 1.807) is 0 Å². The summed E-state index contributed by atoms with van der Waals surface area (Å²) in [6.45, 7) is 6.80. The lowest BCUT2D eigenvalue weighted by Gasteiger charge is -2.24. The fourth-order valence-electron chi connectivity index (χ4n) is 2.01. The van der Waals surface area contributed by atoms with Crippen molar-refractivity contribution in [2.75, 3.05) is 32.8 Å². The Kier molecular flexibility index (Phi) is 4.98. The lowest BCUT2D eigenvalue weighted by Crippen LogP contribution is -2.47. The van der Waals surface area contributed by atoms with E-state index in [1.807, 2.05) is 0 Å². The first-order chi connectivity index (χ1) is 8.34. The summed E-state index contributed by atoms with van der Waals surface area (Å²) in [5, 5.41) is 6.91. The van der Waals surface area contributed by atoms with Crippen LogP contribution >= 0.6 is 0 Å². The molecule has 1 heterocycles. The minimum absolute atomic E-state index is 0.474. The van der Waals surface area contributed by atoms with Crippen molar-refractivity contribution in [2.24, 2.45) is 0 Å². The Bertz CT molecular complexity index is 317. The molecule has 3 nitrogen and oxygen atoms in total. The molecule has 3 heteroatoms. The topological polar surface area (TPSA) is 33.3 Å². The van der Waals surface area contributed by atoms with E-state index in [2.05, 4.69) is 41.8 Å². The zero-order valence-electron chi connectivity index (χ0n) is 10.5. The van der Waals surface area contributed by atoms with Crippen LogP contribution in [0.3, 0.4) is 0 Å².